The number of hydrogen-bond acceptors (Lipinski definition) is 4. The third-order valence-electron chi connectivity index (χ3n) is 4.91. The van der Waals surface area contributed by atoms with Crippen LogP contribution in [0.5, 0.6) is 0 Å². The molecule has 1 saturated heterocycles. The van der Waals surface area contributed by atoms with E-state index in [1.54, 1.807) is 13.2 Å². The van der Waals surface area contributed by atoms with Gasteiger partial charge in [0.25, 0.3) is 0 Å². The van der Waals surface area contributed by atoms with Crippen molar-refractivity contribution < 1.29 is 4.74 Å². The van der Waals surface area contributed by atoms with E-state index in [0.29, 0.717) is 17.7 Å². The zero-order valence-corrected chi connectivity index (χ0v) is 20.5. The van der Waals surface area contributed by atoms with Crippen LogP contribution in [-0.2, 0) is 11.3 Å². The van der Waals surface area contributed by atoms with E-state index in [-0.39, 0.29) is 24.0 Å². The smallest absolute Gasteiger partial charge is 0.191 e. The number of nitrogens with zero attached hydrogens (tertiary/aromatic N) is 3. The molecule has 0 aliphatic carbocycles. The molecule has 1 aliphatic heterocycles. The molecule has 1 aromatic carbocycles. The van der Waals surface area contributed by atoms with Crippen molar-refractivity contribution in [3.8, 4) is 0 Å². The minimum atomic E-state index is 0. The van der Waals surface area contributed by atoms with Gasteiger partial charge < -0.3 is 20.3 Å². The molecule has 2 aromatic rings. The molecular formula is C22H31ClIN5O. The number of unbranched alkanes of at least 4 members (excludes halogenated alkanes) is 1. The lowest BCUT2D eigenvalue weighted by Gasteiger charge is -2.20. The van der Waals surface area contributed by atoms with Crippen LogP contribution in [0.4, 0.5) is 5.82 Å². The van der Waals surface area contributed by atoms with Gasteiger partial charge >= 0.3 is 0 Å². The molecular weight excluding hydrogens is 513 g/mol. The molecule has 1 aromatic heterocycles. The Hall–Kier alpha value is -1.58. The third-order valence-corrected chi connectivity index (χ3v) is 5.21. The molecule has 1 unspecified atom stereocenters. The van der Waals surface area contributed by atoms with Crippen LogP contribution in [0.1, 0.15) is 24.8 Å². The van der Waals surface area contributed by atoms with Crippen molar-refractivity contribution in [2.75, 3.05) is 38.2 Å². The Bertz CT molecular complexity index is 777. The number of aliphatic imine (C=N–C) groups is 1. The minimum Gasteiger partial charge on any atom is -0.377 e. The Morgan fingerprint density at radius 3 is 2.83 bits per heavy atom. The summed E-state index contributed by atoms with van der Waals surface area (Å²) in [4.78, 5) is 11.0. The second kappa shape index (κ2) is 13.7. The summed E-state index contributed by atoms with van der Waals surface area (Å²) < 4.78 is 5.73. The van der Waals surface area contributed by atoms with Gasteiger partial charge in [-0.25, -0.2) is 4.98 Å². The average molecular weight is 544 g/mol. The fourth-order valence-corrected chi connectivity index (χ4v) is 3.61. The van der Waals surface area contributed by atoms with E-state index in [2.05, 4.69) is 37.6 Å². The highest BCUT2D eigenvalue weighted by atomic mass is 127. The number of anilines is 1. The molecule has 164 valence electrons. The minimum absolute atomic E-state index is 0. The zero-order chi connectivity index (χ0) is 20.3. The van der Waals surface area contributed by atoms with Crippen molar-refractivity contribution in [1.82, 2.24) is 15.6 Å². The van der Waals surface area contributed by atoms with Crippen molar-refractivity contribution in [3.05, 3.63) is 59.2 Å². The van der Waals surface area contributed by atoms with Gasteiger partial charge in [-0.15, -0.1) is 24.0 Å². The third kappa shape index (κ3) is 7.92. The van der Waals surface area contributed by atoms with E-state index in [4.69, 9.17) is 16.3 Å². The van der Waals surface area contributed by atoms with Crippen molar-refractivity contribution in [3.63, 3.8) is 0 Å². The van der Waals surface area contributed by atoms with E-state index < -0.39 is 0 Å². The lowest BCUT2D eigenvalue weighted by atomic mass is 10.2. The highest BCUT2D eigenvalue weighted by molar-refractivity contribution is 14.0. The first kappa shape index (κ1) is 24.7. The maximum atomic E-state index is 6.27. The SMILES string of the molecule is CN=C(NCCCCOCc1ccccc1)NC1CCN(c2ncccc2Cl)C1.I. The average Bonchev–Trinajstić information content (AvgIpc) is 3.21. The largest absolute Gasteiger partial charge is 0.377 e. The van der Waals surface area contributed by atoms with Gasteiger partial charge in [-0.05, 0) is 37.0 Å². The molecule has 6 nitrogen and oxygen atoms in total. The molecule has 1 atom stereocenters. The van der Waals surface area contributed by atoms with Crippen LogP contribution in [0.15, 0.2) is 53.7 Å². The normalized spacial score (nSPS) is 16.3. The lowest BCUT2D eigenvalue weighted by molar-refractivity contribution is 0.117. The Balaban J connectivity index is 0.00000320. The molecule has 8 heteroatoms. The summed E-state index contributed by atoms with van der Waals surface area (Å²) >= 11 is 6.27. The number of ether oxygens (including phenoxy) is 1. The van der Waals surface area contributed by atoms with Crippen molar-refractivity contribution in [2.24, 2.45) is 4.99 Å². The van der Waals surface area contributed by atoms with Crippen LogP contribution in [-0.4, -0.2) is 50.3 Å². The highest BCUT2D eigenvalue weighted by Gasteiger charge is 2.25. The number of pyridine rings is 1. The lowest BCUT2D eigenvalue weighted by Crippen LogP contribution is -2.44. The van der Waals surface area contributed by atoms with Crippen LogP contribution < -0.4 is 15.5 Å². The zero-order valence-electron chi connectivity index (χ0n) is 17.4. The molecule has 3 rings (SSSR count). The van der Waals surface area contributed by atoms with Crippen LogP contribution >= 0.6 is 35.6 Å². The molecule has 0 saturated carbocycles. The molecule has 1 aliphatic rings. The van der Waals surface area contributed by atoms with Gasteiger partial charge in [-0.1, -0.05) is 41.9 Å². The molecule has 0 spiro atoms. The summed E-state index contributed by atoms with van der Waals surface area (Å²) in [5, 5.41) is 7.60. The Kier molecular flexibility index (Phi) is 11.2. The molecule has 1 fully saturated rings. The monoisotopic (exact) mass is 543 g/mol. The second-order valence-electron chi connectivity index (χ2n) is 7.13. The fraction of sp³-hybridized carbons (Fsp3) is 0.455. The van der Waals surface area contributed by atoms with Crippen LogP contribution in [0.3, 0.4) is 0 Å². The standard InChI is InChI=1S/C22H30ClN5O.HI/c1-24-22(26-12-5-6-15-29-17-18-8-3-2-4-9-18)27-19-11-14-28(16-19)21-20(23)10-7-13-25-21;/h2-4,7-10,13,19H,5-6,11-12,14-17H2,1H3,(H2,24,26,27);1H. The van der Waals surface area contributed by atoms with Crippen LogP contribution in [0, 0.1) is 0 Å². The van der Waals surface area contributed by atoms with E-state index in [9.17, 15) is 0 Å². The van der Waals surface area contributed by atoms with Crippen molar-refractivity contribution in [1.29, 1.82) is 0 Å². The van der Waals surface area contributed by atoms with E-state index >= 15 is 0 Å². The van der Waals surface area contributed by atoms with Gasteiger partial charge in [0.2, 0.25) is 0 Å². The maximum Gasteiger partial charge on any atom is 0.191 e. The van der Waals surface area contributed by atoms with E-state index in [1.807, 2.05) is 30.3 Å². The predicted molar refractivity (Wildman–Crippen MR) is 135 cm³/mol. The Morgan fingerprint density at radius 1 is 1.23 bits per heavy atom. The number of benzene rings is 1. The second-order valence-corrected chi connectivity index (χ2v) is 7.54. The number of guanidine groups is 1. The van der Waals surface area contributed by atoms with E-state index in [0.717, 1.165) is 57.3 Å². The number of rotatable bonds is 9. The summed E-state index contributed by atoms with van der Waals surface area (Å²) in [7, 11) is 1.81. The quantitative estimate of drug-likeness (QED) is 0.216. The Morgan fingerprint density at radius 2 is 2.07 bits per heavy atom. The number of aromatic nitrogens is 1. The van der Waals surface area contributed by atoms with Gasteiger partial charge in [0, 0.05) is 45.5 Å². The molecule has 0 radical (unpaired) electrons. The molecule has 2 heterocycles. The number of halogens is 2. The summed E-state index contributed by atoms with van der Waals surface area (Å²) in [6, 6.07) is 14.3. The summed E-state index contributed by atoms with van der Waals surface area (Å²) in [6.07, 6.45) is 4.87. The van der Waals surface area contributed by atoms with Gasteiger partial charge in [-0.2, -0.15) is 0 Å². The van der Waals surface area contributed by atoms with Crippen molar-refractivity contribution >= 4 is 47.4 Å². The predicted octanol–water partition coefficient (Wildman–Crippen LogP) is 4.09. The van der Waals surface area contributed by atoms with Crippen LogP contribution in [0.2, 0.25) is 5.02 Å². The first-order valence-electron chi connectivity index (χ1n) is 10.2. The first-order chi connectivity index (χ1) is 14.3. The van der Waals surface area contributed by atoms with Crippen molar-refractivity contribution in [2.45, 2.75) is 31.9 Å². The fourth-order valence-electron chi connectivity index (χ4n) is 3.37. The van der Waals surface area contributed by atoms with E-state index in [1.165, 1.54) is 5.56 Å². The maximum absolute atomic E-state index is 6.27. The number of hydrogen-bond donors (Lipinski definition) is 2. The Labute approximate surface area is 201 Å². The summed E-state index contributed by atoms with van der Waals surface area (Å²) in [6.45, 7) is 4.12. The molecule has 2 N–H and O–H groups in total. The van der Waals surface area contributed by atoms with Gasteiger partial charge in [0.05, 0.1) is 11.6 Å². The first-order valence-corrected chi connectivity index (χ1v) is 10.6. The van der Waals surface area contributed by atoms with Gasteiger partial charge in [-0.3, -0.25) is 4.99 Å². The summed E-state index contributed by atoms with van der Waals surface area (Å²) in [5.74, 6) is 1.70. The summed E-state index contributed by atoms with van der Waals surface area (Å²) in [5.41, 5.74) is 1.22. The number of nitrogens with one attached hydrogen (secondary N) is 2. The van der Waals surface area contributed by atoms with Gasteiger partial charge in [0.1, 0.15) is 5.82 Å². The topological polar surface area (TPSA) is 61.8 Å². The molecule has 0 amide bonds. The highest BCUT2D eigenvalue weighted by Crippen LogP contribution is 2.25. The van der Waals surface area contributed by atoms with Crippen LogP contribution in [0.25, 0.3) is 0 Å². The molecule has 30 heavy (non-hydrogen) atoms. The molecule has 0 bridgehead atoms. The van der Waals surface area contributed by atoms with Gasteiger partial charge in [0.15, 0.2) is 5.96 Å².